The Morgan fingerprint density at radius 1 is 1.42 bits per heavy atom. The van der Waals surface area contributed by atoms with Crippen molar-refractivity contribution < 1.29 is 9.53 Å². The van der Waals surface area contributed by atoms with Gasteiger partial charge in [-0.1, -0.05) is 12.2 Å². The van der Waals surface area contributed by atoms with Crippen LogP contribution in [-0.4, -0.2) is 29.8 Å². The van der Waals surface area contributed by atoms with Gasteiger partial charge in [-0.05, 0) is 42.7 Å². The Bertz CT molecular complexity index is 548. The van der Waals surface area contributed by atoms with E-state index >= 15 is 0 Å². The van der Waals surface area contributed by atoms with Gasteiger partial charge in [-0.3, -0.25) is 4.79 Å². The SMILES string of the molecule is O=C1CN2C=CC=C(OCC3CC34CC=CC4)C2=N1. The molecule has 0 aromatic carbocycles. The van der Waals surface area contributed by atoms with Crippen LogP contribution in [-0.2, 0) is 9.53 Å². The molecular formula is C15H16N2O2. The van der Waals surface area contributed by atoms with E-state index < -0.39 is 0 Å². The summed E-state index contributed by atoms with van der Waals surface area (Å²) in [5, 5.41) is 0. The molecule has 1 spiro atoms. The van der Waals surface area contributed by atoms with Gasteiger partial charge in [0.1, 0.15) is 6.54 Å². The number of aliphatic imine (C=N–C) groups is 1. The maximum absolute atomic E-state index is 11.4. The Hall–Kier alpha value is -1.84. The molecule has 2 aliphatic carbocycles. The first-order valence-corrected chi connectivity index (χ1v) is 6.82. The lowest BCUT2D eigenvalue weighted by molar-refractivity contribution is -0.116. The number of ether oxygens (including phenoxy) is 1. The molecule has 19 heavy (non-hydrogen) atoms. The highest BCUT2D eigenvalue weighted by atomic mass is 16.5. The quantitative estimate of drug-likeness (QED) is 0.725. The van der Waals surface area contributed by atoms with Crippen LogP contribution in [0.3, 0.4) is 0 Å². The van der Waals surface area contributed by atoms with E-state index in [0.29, 0.717) is 23.7 Å². The van der Waals surface area contributed by atoms with Crippen molar-refractivity contribution in [3.63, 3.8) is 0 Å². The first-order chi connectivity index (χ1) is 9.27. The maximum atomic E-state index is 11.4. The van der Waals surface area contributed by atoms with E-state index in [0.717, 1.165) is 12.4 Å². The summed E-state index contributed by atoms with van der Waals surface area (Å²) in [5.74, 6) is 1.97. The van der Waals surface area contributed by atoms with Gasteiger partial charge < -0.3 is 9.64 Å². The highest BCUT2D eigenvalue weighted by molar-refractivity contribution is 6.10. The van der Waals surface area contributed by atoms with Crippen LogP contribution in [0.2, 0.25) is 0 Å². The average molecular weight is 256 g/mol. The number of hydrogen-bond donors (Lipinski definition) is 0. The number of hydrogen-bond acceptors (Lipinski definition) is 3. The van der Waals surface area contributed by atoms with Crippen LogP contribution < -0.4 is 0 Å². The topological polar surface area (TPSA) is 41.9 Å². The van der Waals surface area contributed by atoms with Crippen LogP contribution in [0.25, 0.3) is 0 Å². The van der Waals surface area contributed by atoms with Gasteiger partial charge in [-0.2, -0.15) is 4.99 Å². The molecule has 0 saturated heterocycles. The Morgan fingerprint density at radius 2 is 2.26 bits per heavy atom. The van der Waals surface area contributed by atoms with Gasteiger partial charge in [0.05, 0.1) is 6.61 Å². The van der Waals surface area contributed by atoms with Gasteiger partial charge in [0.25, 0.3) is 5.91 Å². The van der Waals surface area contributed by atoms with E-state index in [1.54, 1.807) is 0 Å². The van der Waals surface area contributed by atoms with Crippen molar-refractivity contribution in [2.45, 2.75) is 19.3 Å². The van der Waals surface area contributed by atoms with Crippen molar-refractivity contribution in [2.24, 2.45) is 16.3 Å². The normalized spacial score (nSPS) is 29.6. The number of allylic oxidation sites excluding steroid dienone is 4. The highest BCUT2D eigenvalue weighted by Crippen LogP contribution is 2.60. The van der Waals surface area contributed by atoms with Gasteiger partial charge in [0.2, 0.25) is 0 Å². The van der Waals surface area contributed by atoms with E-state index in [1.165, 1.54) is 19.3 Å². The van der Waals surface area contributed by atoms with Gasteiger partial charge in [0.15, 0.2) is 11.6 Å². The first-order valence-electron chi connectivity index (χ1n) is 6.82. The Kier molecular flexibility index (Phi) is 2.22. The zero-order valence-electron chi connectivity index (χ0n) is 10.7. The Morgan fingerprint density at radius 3 is 3.11 bits per heavy atom. The number of nitrogens with zero attached hydrogens (tertiary/aromatic N) is 2. The predicted molar refractivity (Wildman–Crippen MR) is 71.2 cm³/mol. The fraction of sp³-hybridized carbons (Fsp3) is 0.467. The van der Waals surface area contributed by atoms with Crippen molar-refractivity contribution in [2.75, 3.05) is 13.2 Å². The van der Waals surface area contributed by atoms with Crippen LogP contribution in [0.5, 0.6) is 0 Å². The van der Waals surface area contributed by atoms with Gasteiger partial charge >= 0.3 is 0 Å². The van der Waals surface area contributed by atoms with E-state index in [-0.39, 0.29) is 5.91 Å². The average Bonchev–Trinajstić information content (AvgIpc) is 2.75. The minimum absolute atomic E-state index is 0.0982. The van der Waals surface area contributed by atoms with E-state index in [4.69, 9.17) is 4.74 Å². The molecule has 98 valence electrons. The molecule has 0 N–H and O–H groups in total. The van der Waals surface area contributed by atoms with Crippen molar-refractivity contribution in [3.05, 3.63) is 36.3 Å². The molecule has 1 atom stereocenters. The van der Waals surface area contributed by atoms with E-state index in [1.807, 2.05) is 23.3 Å². The molecule has 4 rings (SSSR count). The molecule has 2 heterocycles. The number of amidine groups is 1. The van der Waals surface area contributed by atoms with Gasteiger partial charge in [-0.25, -0.2) is 0 Å². The summed E-state index contributed by atoms with van der Waals surface area (Å²) in [6, 6.07) is 0. The van der Waals surface area contributed by atoms with Crippen molar-refractivity contribution in [3.8, 4) is 0 Å². The lowest BCUT2D eigenvalue weighted by Crippen LogP contribution is -2.27. The van der Waals surface area contributed by atoms with Crippen LogP contribution in [0, 0.1) is 11.3 Å². The molecule has 0 aromatic rings. The van der Waals surface area contributed by atoms with E-state index in [9.17, 15) is 4.79 Å². The smallest absolute Gasteiger partial charge is 0.267 e. The summed E-state index contributed by atoms with van der Waals surface area (Å²) < 4.78 is 5.91. The largest absolute Gasteiger partial charge is 0.489 e. The predicted octanol–water partition coefficient (Wildman–Crippen LogP) is 2.01. The van der Waals surface area contributed by atoms with Crippen LogP contribution >= 0.6 is 0 Å². The minimum Gasteiger partial charge on any atom is -0.489 e. The standard InChI is InChI=1S/C15H16N2O2/c18-13-9-17-7-3-4-12(14(17)16-13)19-10-11-8-15(11)5-1-2-6-15/h1-4,7,11H,5-6,8-10H2. The van der Waals surface area contributed by atoms with Crippen LogP contribution in [0.4, 0.5) is 0 Å². The lowest BCUT2D eigenvalue weighted by Gasteiger charge is -2.20. The van der Waals surface area contributed by atoms with E-state index in [2.05, 4.69) is 17.1 Å². The number of fused-ring (bicyclic) bond motifs is 1. The van der Waals surface area contributed by atoms with Crippen LogP contribution in [0.15, 0.2) is 41.3 Å². The zero-order chi connectivity index (χ0) is 12.9. The number of carbonyl (C=O) groups is 1. The third kappa shape index (κ3) is 1.74. The summed E-state index contributed by atoms with van der Waals surface area (Å²) in [6.45, 7) is 1.08. The molecule has 1 unspecified atom stereocenters. The fourth-order valence-electron chi connectivity index (χ4n) is 3.26. The summed E-state index contributed by atoms with van der Waals surface area (Å²) in [4.78, 5) is 17.2. The summed E-state index contributed by atoms with van der Waals surface area (Å²) in [7, 11) is 0. The molecule has 1 amide bonds. The molecule has 1 fully saturated rings. The summed E-state index contributed by atoms with van der Waals surface area (Å²) >= 11 is 0. The molecule has 1 saturated carbocycles. The number of carbonyl (C=O) groups excluding carboxylic acids is 1. The van der Waals surface area contributed by atoms with Crippen molar-refractivity contribution >= 4 is 11.7 Å². The summed E-state index contributed by atoms with van der Waals surface area (Å²) in [5.41, 5.74) is 0.498. The van der Waals surface area contributed by atoms with Crippen molar-refractivity contribution in [1.82, 2.24) is 4.90 Å². The Labute approximate surface area is 112 Å². The third-order valence-electron chi connectivity index (χ3n) is 4.56. The third-order valence-corrected chi connectivity index (χ3v) is 4.56. The monoisotopic (exact) mass is 256 g/mol. The summed E-state index contributed by atoms with van der Waals surface area (Å²) in [6.07, 6.45) is 13.9. The Balaban J connectivity index is 1.41. The van der Waals surface area contributed by atoms with Crippen LogP contribution in [0.1, 0.15) is 19.3 Å². The first kappa shape index (κ1) is 11.0. The molecule has 0 bridgehead atoms. The minimum atomic E-state index is -0.0982. The second-order valence-corrected chi connectivity index (χ2v) is 5.78. The second-order valence-electron chi connectivity index (χ2n) is 5.78. The number of rotatable bonds is 3. The molecule has 2 aliphatic heterocycles. The molecule has 4 nitrogen and oxygen atoms in total. The number of amides is 1. The van der Waals surface area contributed by atoms with Gasteiger partial charge in [-0.15, -0.1) is 0 Å². The maximum Gasteiger partial charge on any atom is 0.267 e. The fourth-order valence-corrected chi connectivity index (χ4v) is 3.26. The molecular weight excluding hydrogens is 240 g/mol. The zero-order valence-corrected chi connectivity index (χ0v) is 10.7. The highest BCUT2D eigenvalue weighted by Gasteiger charge is 2.54. The molecule has 0 aromatic heterocycles. The molecule has 0 radical (unpaired) electrons. The van der Waals surface area contributed by atoms with Gasteiger partial charge in [0, 0.05) is 6.20 Å². The molecule has 4 heteroatoms. The second kappa shape index (κ2) is 3.83. The lowest BCUT2D eigenvalue weighted by atomic mass is 10.0. The molecule has 4 aliphatic rings. The van der Waals surface area contributed by atoms with Crippen molar-refractivity contribution in [1.29, 1.82) is 0 Å².